The SMILES string of the molecule is CCOc1cc(/C=C2/NC(=O)N(C)C2=O)c(Br)cc1OCc1ccc(Cl)cc1. The van der Waals surface area contributed by atoms with Gasteiger partial charge >= 0.3 is 6.03 Å². The van der Waals surface area contributed by atoms with Gasteiger partial charge in [-0.2, -0.15) is 0 Å². The molecule has 8 heteroatoms. The summed E-state index contributed by atoms with van der Waals surface area (Å²) in [6.45, 7) is 2.68. The number of carbonyl (C=O) groups is 2. The summed E-state index contributed by atoms with van der Waals surface area (Å²) in [4.78, 5) is 24.7. The first-order valence-electron chi connectivity index (χ1n) is 8.53. The van der Waals surface area contributed by atoms with E-state index in [4.69, 9.17) is 21.1 Å². The number of hydrogen-bond donors (Lipinski definition) is 1. The number of benzene rings is 2. The Bertz CT molecular complexity index is 944. The summed E-state index contributed by atoms with van der Waals surface area (Å²) in [5.74, 6) is 0.708. The fourth-order valence-electron chi connectivity index (χ4n) is 2.56. The van der Waals surface area contributed by atoms with Crippen molar-refractivity contribution in [2.75, 3.05) is 13.7 Å². The Labute approximate surface area is 176 Å². The molecular formula is C20H18BrClN2O4. The van der Waals surface area contributed by atoms with Gasteiger partial charge in [0.1, 0.15) is 12.3 Å². The zero-order chi connectivity index (χ0) is 20.3. The molecule has 0 atom stereocenters. The second kappa shape index (κ2) is 8.67. The summed E-state index contributed by atoms with van der Waals surface area (Å²) < 4.78 is 12.3. The molecule has 0 bridgehead atoms. The Morgan fingerprint density at radius 2 is 1.82 bits per heavy atom. The van der Waals surface area contributed by atoms with Crippen LogP contribution in [0.3, 0.4) is 0 Å². The lowest BCUT2D eigenvalue weighted by atomic mass is 10.1. The lowest BCUT2D eigenvalue weighted by Crippen LogP contribution is -2.25. The van der Waals surface area contributed by atoms with Crippen LogP contribution >= 0.6 is 27.5 Å². The van der Waals surface area contributed by atoms with Crippen molar-refractivity contribution >= 4 is 45.5 Å². The molecule has 1 aliphatic heterocycles. The number of imide groups is 1. The van der Waals surface area contributed by atoms with Gasteiger partial charge in [0, 0.05) is 16.5 Å². The largest absolute Gasteiger partial charge is 0.490 e. The number of nitrogens with zero attached hydrogens (tertiary/aromatic N) is 1. The highest BCUT2D eigenvalue weighted by Gasteiger charge is 2.30. The van der Waals surface area contributed by atoms with Gasteiger partial charge in [0.15, 0.2) is 11.5 Å². The normalized spacial score (nSPS) is 15.1. The quantitative estimate of drug-likeness (QED) is 0.500. The van der Waals surface area contributed by atoms with Crippen molar-refractivity contribution in [1.82, 2.24) is 10.2 Å². The molecule has 1 fully saturated rings. The zero-order valence-corrected chi connectivity index (χ0v) is 17.6. The topological polar surface area (TPSA) is 67.9 Å². The molecule has 0 aromatic heterocycles. The van der Waals surface area contributed by atoms with Gasteiger partial charge in [0.25, 0.3) is 5.91 Å². The van der Waals surface area contributed by atoms with Crippen molar-refractivity contribution in [1.29, 1.82) is 0 Å². The average Bonchev–Trinajstić information content (AvgIpc) is 2.91. The van der Waals surface area contributed by atoms with Crippen LogP contribution in [-0.4, -0.2) is 30.5 Å². The van der Waals surface area contributed by atoms with Crippen molar-refractivity contribution < 1.29 is 19.1 Å². The molecule has 0 radical (unpaired) electrons. The van der Waals surface area contributed by atoms with E-state index in [0.29, 0.717) is 39.8 Å². The highest BCUT2D eigenvalue weighted by atomic mass is 79.9. The number of nitrogens with one attached hydrogen (secondary N) is 1. The Hall–Kier alpha value is -2.51. The molecule has 3 rings (SSSR count). The van der Waals surface area contributed by atoms with Gasteiger partial charge in [-0.25, -0.2) is 4.79 Å². The Morgan fingerprint density at radius 1 is 1.14 bits per heavy atom. The van der Waals surface area contributed by atoms with Crippen LogP contribution in [0, 0.1) is 0 Å². The highest BCUT2D eigenvalue weighted by molar-refractivity contribution is 9.10. The summed E-state index contributed by atoms with van der Waals surface area (Å²) in [6.07, 6.45) is 1.60. The molecule has 1 aliphatic rings. The van der Waals surface area contributed by atoms with E-state index in [9.17, 15) is 9.59 Å². The van der Waals surface area contributed by atoms with Gasteiger partial charge in [-0.1, -0.05) is 39.7 Å². The number of likely N-dealkylation sites (N-methyl/N-ethyl adjacent to an activating group) is 1. The van der Waals surface area contributed by atoms with E-state index in [1.165, 1.54) is 7.05 Å². The lowest BCUT2D eigenvalue weighted by Gasteiger charge is -2.14. The van der Waals surface area contributed by atoms with E-state index >= 15 is 0 Å². The van der Waals surface area contributed by atoms with E-state index in [1.54, 1.807) is 30.3 Å². The minimum atomic E-state index is -0.458. The van der Waals surface area contributed by atoms with Gasteiger partial charge in [-0.3, -0.25) is 9.69 Å². The van der Waals surface area contributed by atoms with Crippen molar-refractivity contribution in [2.45, 2.75) is 13.5 Å². The van der Waals surface area contributed by atoms with Crippen molar-refractivity contribution in [3.05, 3.63) is 62.7 Å². The maximum absolute atomic E-state index is 12.1. The minimum absolute atomic E-state index is 0.200. The van der Waals surface area contributed by atoms with Crippen molar-refractivity contribution in [2.24, 2.45) is 0 Å². The fourth-order valence-corrected chi connectivity index (χ4v) is 3.13. The second-order valence-corrected chi connectivity index (χ2v) is 7.31. The first-order valence-corrected chi connectivity index (χ1v) is 9.70. The summed E-state index contributed by atoms with van der Waals surface area (Å²) in [7, 11) is 1.42. The van der Waals surface area contributed by atoms with Crippen molar-refractivity contribution in [3.8, 4) is 11.5 Å². The predicted octanol–water partition coefficient (Wildman–Crippen LogP) is 4.60. The molecule has 1 heterocycles. The molecule has 146 valence electrons. The first kappa shape index (κ1) is 20.2. The van der Waals surface area contributed by atoms with Gasteiger partial charge in [0.05, 0.1) is 6.61 Å². The number of urea groups is 1. The van der Waals surface area contributed by atoms with Crippen LogP contribution in [0.4, 0.5) is 4.79 Å². The summed E-state index contributed by atoms with van der Waals surface area (Å²) >= 11 is 9.40. The van der Waals surface area contributed by atoms with E-state index in [0.717, 1.165) is 10.5 Å². The minimum Gasteiger partial charge on any atom is -0.490 e. The van der Waals surface area contributed by atoms with Gasteiger partial charge in [-0.15, -0.1) is 0 Å². The maximum Gasteiger partial charge on any atom is 0.328 e. The second-order valence-electron chi connectivity index (χ2n) is 6.02. The molecular weight excluding hydrogens is 448 g/mol. The Morgan fingerprint density at radius 3 is 2.43 bits per heavy atom. The van der Waals surface area contributed by atoms with Crippen LogP contribution < -0.4 is 14.8 Å². The van der Waals surface area contributed by atoms with Gasteiger partial charge in [0.2, 0.25) is 0 Å². The number of hydrogen-bond acceptors (Lipinski definition) is 4. The summed E-state index contributed by atoms with van der Waals surface area (Å²) in [5, 5.41) is 3.21. The Balaban J connectivity index is 1.86. The molecule has 6 nitrogen and oxygen atoms in total. The van der Waals surface area contributed by atoms with Crippen molar-refractivity contribution in [3.63, 3.8) is 0 Å². The predicted molar refractivity (Wildman–Crippen MR) is 110 cm³/mol. The fraction of sp³-hybridized carbons (Fsp3) is 0.200. The van der Waals surface area contributed by atoms with Crippen LogP contribution in [0.15, 0.2) is 46.6 Å². The van der Waals surface area contributed by atoms with Crippen LogP contribution in [0.5, 0.6) is 11.5 Å². The molecule has 3 amide bonds. The monoisotopic (exact) mass is 464 g/mol. The molecule has 0 saturated carbocycles. The van der Waals surface area contributed by atoms with E-state index in [-0.39, 0.29) is 5.70 Å². The third-order valence-electron chi connectivity index (χ3n) is 4.05. The number of carbonyl (C=O) groups excluding carboxylic acids is 2. The summed E-state index contributed by atoms with van der Waals surface area (Å²) in [5.41, 5.74) is 1.85. The number of ether oxygens (including phenoxy) is 2. The average molecular weight is 466 g/mol. The lowest BCUT2D eigenvalue weighted by molar-refractivity contribution is -0.121. The molecule has 0 unspecified atom stereocenters. The van der Waals surface area contributed by atoms with E-state index in [1.807, 2.05) is 19.1 Å². The smallest absolute Gasteiger partial charge is 0.328 e. The maximum atomic E-state index is 12.1. The molecule has 0 spiro atoms. The molecule has 1 saturated heterocycles. The highest BCUT2D eigenvalue weighted by Crippen LogP contribution is 2.35. The van der Waals surface area contributed by atoms with Crippen LogP contribution in [0.2, 0.25) is 5.02 Å². The van der Waals surface area contributed by atoms with Gasteiger partial charge < -0.3 is 14.8 Å². The standard InChI is InChI=1S/C20H18BrClN2O4/c1-3-27-17-9-13(8-16-19(25)24(2)20(26)23-16)15(21)10-18(17)28-11-12-4-6-14(22)7-5-12/h4-10H,3,11H2,1-2H3,(H,23,26)/b16-8+. The molecule has 28 heavy (non-hydrogen) atoms. The third kappa shape index (κ3) is 4.48. The summed E-state index contributed by atoms with van der Waals surface area (Å²) in [6, 6.07) is 10.5. The van der Waals surface area contributed by atoms with Crippen LogP contribution in [-0.2, 0) is 11.4 Å². The van der Waals surface area contributed by atoms with E-state index < -0.39 is 11.9 Å². The third-order valence-corrected chi connectivity index (χ3v) is 4.99. The molecule has 2 aromatic rings. The number of amides is 3. The van der Waals surface area contributed by atoms with E-state index in [2.05, 4.69) is 21.2 Å². The van der Waals surface area contributed by atoms with Crippen LogP contribution in [0.25, 0.3) is 6.08 Å². The van der Waals surface area contributed by atoms with Gasteiger partial charge in [-0.05, 0) is 48.4 Å². The first-order chi connectivity index (χ1) is 13.4. The number of rotatable bonds is 6. The number of halogens is 2. The molecule has 2 aromatic carbocycles. The Kier molecular flexibility index (Phi) is 6.26. The molecule has 1 N–H and O–H groups in total. The van der Waals surface area contributed by atoms with Crippen LogP contribution in [0.1, 0.15) is 18.1 Å². The molecule has 0 aliphatic carbocycles. The zero-order valence-electron chi connectivity index (χ0n) is 15.3.